The number of aliphatic carboxylic acids is 1. The smallest absolute Gasteiger partial charge is 0.306 e. The lowest BCUT2D eigenvalue weighted by atomic mass is 9.93. The van der Waals surface area contributed by atoms with E-state index in [1.807, 2.05) is 0 Å². The van der Waals surface area contributed by atoms with Crippen LogP contribution in [0, 0.1) is 5.92 Å². The van der Waals surface area contributed by atoms with E-state index in [9.17, 15) is 34.8 Å². The molecular weight excluding hydrogens is 464 g/mol. The molecule has 35 heavy (non-hydrogen) atoms. The molecule has 194 valence electrons. The Bertz CT molecular complexity index is 867. The third-order valence-corrected chi connectivity index (χ3v) is 5.75. The molecule has 11 nitrogen and oxygen atoms in total. The predicted molar refractivity (Wildman–Crippen MR) is 120 cm³/mol. The molecule has 1 unspecified atom stereocenters. The van der Waals surface area contributed by atoms with E-state index in [2.05, 4.69) is 0 Å². The minimum absolute atomic E-state index is 0.0991. The number of carbonyl (C=O) groups excluding carboxylic acids is 2. The van der Waals surface area contributed by atoms with Gasteiger partial charge in [0.05, 0.1) is 26.1 Å². The summed E-state index contributed by atoms with van der Waals surface area (Å²) in [5.74, 6) is -2.71. The number of rotatable bonds is 13. The molecule has 1 aromatic carbocycles. The van der Waals surface area contributed by atoms with E-state index in [1.54, 1.807) is 31.2 Å². The van der Waals surface area contributed by atoms with Crippen molar-refractivity contribution >= 4 is 18.2 Å². The van der Waals surface area contributed by atoms with Gasteiger partial charge in [0.1, 0.15) is 49.2 Å². The summed E-state index contributed by atoms with van der Waals surface area (Å²) < 4.78 is 16.2. The SMILES string of the molecule is C/C=C(\C=O)C(CC(=O)O)CC(=O)OC[C@H]1O[C@@H](COCCc2ccc(O)cc2)[C@H](O)[C@@H](O)[C@@H]1O. The first-order valence-corrected chi connectivity index (χ1v) is 11.2. The molecule has 0 amide bonds. The molecule has 1 aromatic rings. The van der Waals surface area contributed by atoms with Gasteiger partial charge in [-0.25, -0.2) is 0 Å². The minimum atomic E-state index is -1.57. The third-order valence-electron chi connectivity index (χ3n) is 5.75. The van der Waals surface area contributed by atoms with Crippen molar-refractivity contribution in [3.05, 3.63) is 41.5 Å². The Morgan fingerprint density at radius 1 is 1.03 bits per heavy atom. The molecule has 0 spiro atoms. The molecule has 1 aliphatic heterocycles. The average molecular weight is 497 g/mol. The van der Waals surface area contributed by atoms with Gasteiger partial charge in [-0.2, -0.15) is 0 Å². The summed E-state index contributed by atoms with van der Waals surface area (Å²) in [4.78, 5) is 34.5. The van der Waals surface area contributed by atoms with Gasteiger partial charge in [0, 0.05) is 5.92 Å². The number of aliphatic hydroxyl groups excluding tert-OH is 3. The van der Waals surface area contributed by atoms with Gasteiger partial charge < -0.3 is 39.7 Å². The number of carboxylic acid groups (broad SMARTS) is 1. The Kier molecular flexibility index (Phi) is 11.3. The van der Waals surface area contributed by atoms with Crippen molar-refractivity contribution in [3.63, 3.8) is 0 Å². The number of carboxylic acids is 1. The van der Waals surface area contributed by atoms with Gasteiger partial charge in [-0.1, -0.05) is 18.2 Å². The minimum Gasteiger partial charge on any atom is -0.508 e. The zero-order valence-corrected chi connectivity index (χ0v) is 19.4. The standard InChI is InChI=1S/C24H32O11/c1-2-15(11-25)16(9-20(27)28)10-21(29)34-13-19-23(31)24(32)22(30)18(35-19)12-33-8-7-14-3-5-17(26)6-4-14/h2-6,11,16,18-19,22-24,26,30-32H,7-10,12-13H2,1H3,(H,27,28)/b15-2+/t16?,18-,19+,22-,23+,24+/m0/s1. The summed E-state index contributed by atoms with van der Waals surface area (Å²) >= 11 is 0. The molecular formula is C24H32O11. The Morgan fingerprint density at radius 2 is 1.66 bits per heavy atom. The lowest BCUT2D eigenvalue weighted by Crippen LogP contribution is -2.59. The van der Waals surface area contributed by atoms with Gasteiger partial charge in [0.25, 0.3) is 0 Å². The number of benzene rings is 1. The summed E-state index contributed by atoms with van der Waals surface area (Å²) in [7, 11) is 0. The lowest BCUT2D eigenvalue weighted by molar-refractivity contribution is -0.241. The summed E-state index contributed by atoms with van der Waals surface area (Å²) in [6, 6.07) is 6.58. The molecule has 0 aromatic heterocycles. The van der Waals surface area contributed by atoms with Gasteiger partial charge in [0.15, 0.2) is 0 Å². The van der Waals surface area contributed by atoms with Crippen molar-refractivity contribution in [1.82, 2.24) is 0 Å². The fraction of sp³-hybridized carbons (Fsp3) is 0.542. The van der Waals surface area contributed by atoms with E-state index in [1.165, 1.54) is 6.08 Å². The highest BCUT2D eigenvalue weighted by Crippen LogP contribution is 2.23. The summed E-state index contributed by atoms with van der Waals surface area (Å²) in [5.41, 5.74) is 1.08. The molecule has 0 bridgehead atoms. The molecule has 1 aliphatic rings. The molecule has 5 N–H and O–H groups in total. The van der Waals surface area contributed by atoms with E-state index < -0.39 is 61.4 Å². The Hall–Kier alpha value is -2.83. The molecule has 1 heterocycles. The first-order chi connectivity index (χ1) is 16.7. The number of phenols is 1. The maximum Gasteiger partial charge on any atom is 0.306 e. The maximum atomic E-state index is 12.3. The number of aromatic hydroxyl groups is 1. The molecule has 0 aliphatic carbocycles. The first-order valence-electron chi connectivity index (χ1n) is 11.2. The molecule has 1 fully saturated rings. The molecule has 0 saturated carbocycles. The molecule has 1 saturated heterocycles. The van der Waals surface area contributed by atoms with Crippen LogP contribution < -0.4 is 0 Å². The van der Waals surface area contributed by atoms with Gasteiger partial charge in [-0.05, 0) is 36.6 Å². The fourth-order valence-electron chi connectivity index (χ4n) is 3.71. The van der Waals surface area contributed by atoms with Crippen LogP contribution in [0.2, 0.25) is 0 Å². The molecule has 0 radical (unpaired) electrons. The second kappa shape index (κ2) is 13.9. The maximum absolute atomic E-state index is 12.3. The van der Waals surface area contributed by atoms with E-state index in [-0.39, 0.29) is 31.0 Å². The fourth-order valence-corrected chi connectivity index (χ4v) is 3.71. The van der Waals surface area contributed by atoms with E-state index in [4.69, 9.17) is 19.3 Å². The highest BCUT2D eigenvalue weighted by Gasteiger charge is 2.44. The molecule has 2 rings (SSSR count). The lowest BCUT2D eigenvalue weighted by Gasteiger charge is -2.40. The highest BCUT2D eigenvalue weighted by molar-refractivity contribution is 5.80. The van der Waals surface area contributed by atoms with Gasteiger partial charge in [-0.3, -0.25) is 14.4 Å². The molecule has 11 heteroatoms. The number of aliphatic hydroxyl groups is 3. The van der Waals surface area contributed by atoms with Crippen LogP contribution in [0.25, 0.3) is 0 Å². The van der Waals surface area contributed by atoms with Crippen LogP contribution in [0.3, 0.4) is 0 Å². The van der Waals surface area contributed by atoms with Gasteiger partial charge in [-0.15, -0.1) is 0 Å². The Labute approximate surface area is 202 Å². The van der Waals surface area contributed by atoms with Crippen LogP contribution in [-0.2, 0) is 35.0 Å². The quantitative estimate of drug-likeness (QED) is 0.107. The zero-order chi connectivity index (χ0) is 26.0. The van der Waals surface area contributed by atoms with Gasteiger partial charge >= 0.3 is 11.9 Å². The summed E-state index contributed by atoms with van der Waals surface area (Å²) in [6.07, 6.45) is -5.07. The molecule has 6 atom stereocenters. The third kappa shape index (κ3) is 8.71. The van der Waals surface area contributed by atoms with Crippen LogP contribution in [0.4, 0.5) is 0 Å². The van der Waals surface area contributed by atoms with E-state index in [0.717, 1.165) is 5.56 Å². The number of carbonyl (C=O) groups is 3. The van der Waals surface area contributed by atoms with Crippen LogP contribution >= 0.6 is 0 Å². The van der Waals surface area contributed by atoms with Crippen molar-refractivity contribution < 1.29 is 54.1 Å². The van der Waals surface area contributed by atoms with Crippen LogP contribution in [0.1, 0.15) is 25.3 Å². The second-order valence-electron chi connectivity index (χ2n) is 8.26. The van der Waals surface area contributed by atoms with E-state index >= 15 is 0 Å². The number of hydrogen-bond donors (Lipinski definition) is 5. The number of esters is 1. The normalized spacial score (nSPS) is 25.6. The predicted octanol–water partition coefficient (Wildman–Crippen LogP) is -0.0292. The second-order valence-corrected chi connectivity index (χ2v) is 8.26. The Morgan fingerprint density at radius 3 is 2.23 bits per heavy atom. The summed E-state index contributed by atoms with van der Waals surface area (Å²) in [6.45, 7) is 1.26. The topological polar surface area (TPSA) is 180 Å². The van der Waals surface area contributed by atoms with Crippen LogP contribution in [0.15, 0.2) is 35.9 Å². The number of phenolic OH excluding ortho intramolecular Hbond substituents is 1. The Balaban J connectivity index is 1.87. The number of allylic oxidation sites excluding steroid dienone is 2. The first kappa shape index (κ1) is 28.4. The van der Waals surface area contributed by atoms with Crippen LogP contribution in [0.5, 0.6) is 5.75 Å². The van der Waals surface area contributed by atoms with Crippen LogP contribution in [-0.4, -0.2) is 94.1 Å². The number of hydrogen-bond acceptors (Lipinski definition) is 10. The van der Waals surface area contributed by atoms with Crippen molar-refractivity contribution in [2.75, 3.05) is 19.8 Å². The van der Waals surface area contributed by atoms with E-state index in [0.29, 0.717) is 12.7 Å². The summed E-state index contributed by atoms with van der Waals surface area (Å²) in [5, 5.41) is 49.0. The van der Waals surface area contributed by atoms with Gasteiger partial charge in [0.2, 0.25) is 0 Å². The number of aldehydes is 1. The van der Waals surface area contributed by atoms with Crippen molar-refractivity contribution in [1.29, 1.82) is 0 Å². The zero-order valence-electron chi connectivity index (χ0n) is 19.4. The highest BCUT2D eigenvalue weighted by atomic mass is 16.6. The van der Waals surface area contributed by atoms with Crippen molar-refractivity contribution in [3.8, 4) is 5.75 Å². The largest absolute Gasteiger partial charge is 0.508 e. The number of ether oxygens (including phenoxy) is 3. The monoisotopic (exact) mass is 496 g/mol. The van der Waals surface area contributed by atoms with Crippen molar-refractivity contribution in [2.24, 2.45) is 5.92 Å². The average Bonchev–Trinajstić information content (AvgIpc) is 2.82. The van der Waals surface area contributed by atoms with Crippen molar-refractivity contribution in [2.45, 2.75) is 56.7 Å².